The van der Waals surface area contributed by atoms with Crippen molar-refractivity contribution in [1.29, 1.82) is 0 Å². The number of hydrogen-bond donors (Lipinski definition) is 3. The summed E-state index contributed by atoms with van der Waals surface area (Å²) in [6, 6.07) is 12.2. The number of carboxylic acid groups (broad SMARTS) is 1. The van der Waals surface area contributed by atoms with Gasteiger partial charge in [0, 0.05) is 28.4 Å². The summed E-state index contributed by atoms with van der Waals surface area (Å²) in [4.78, 5) is 31.5. The molecular weight excluding hydrogens is 503 g/mol. The van der Waals surface area contributed by atoms with Gasteiger partial charge in [0.25, 0.3) is 5.91 Å². The number of carbonyl (C=O) groups excluding carboxylic acids is 1. The Morgan fingerprint density at radius 1 is 1.06 bits per heavy atom. The first-order chi connectivity index (χ1) is 17.2. The van der Waals surface area contributed by atoms with Crippen molar-refractivity contribution >= 4 is 40.8 Å². The summed E-state index contributed by atoms with van der Waals surface area (Å²) in [5.41, 5.74) is 1.99. The van der Waals surface area contributed by atoms with E-state index in [1.807, 2.05) is 12.1 Å². The Kier molecular flexibility index (Phi) is 9.90. The number of amides is 1. The van der Waals surface area contributed by atoms with E-state index >= 15 is 0 Å². The van der Waals surface area contributed by atoms with Crippen LogP contribution in [-0.4, -0.2) is 46.1 Å². The lowest BCUT2D eigenvalue weighted by Gasteiger charge is -2.22. The minimum absolute atomic E-state index is 0.00521. The van der Waals surface area contributed by atoms with E-state index in [2.05, 4.69) is 34.4 Å². The molecule has 0 radical (unpaired) electrons. The number of nitrogens with zero attached hydrogens (tertiary/aromatic N) is 2. The van der Waals surface area contributed by atoms with Crippen molar-refractivity contribution in [2.24, 2.45) is 5.92 Å². The van der Waals surface area contributed by atoms with Crippen molar-refractivity contribution in [3.8, 4) is 17.1 Å². The van der Waals surface area contributed by atoms with Crippen LogP contribution in [-0.2, 0) is 4.79 Å². The zero-order valence-corrected chi connectivity index (χ0v) is 21.5. The molecule has 0 aliphatic rings. The molecule has 0 bridgehead atoms. The lowest BCUT2D eigenvalue weighted by atomic mass is 10.0. The highest BCUT2D eigenvalue weighted by atomic mass is 35.5. The second kappa shape index (κ2) is 13.1. The number of carbonyl (C=O) groups is 2. The van der Waals surface area contributed by atoms with Crippen LogP contribution in [0, 0.1) is 5.92 Å². The van der Waals surface area contributed by atoms with Gasteiger partial charge < -0.3 is 20.5 Å². The van der Waals surface area contributed by atoms with Crippen LogP contribution in [0.3, 0.4) is 0 Å². The third-order valence-electron chi connectivity index (χ3n) is 5.15. The van der Waals surface area contributed by atoms with Gasteiger partial charge in [0.05, 0.1) is 29.9 Å². The molecular formula is C26H28Cl2N4O4. The molecule has 0 aliphatic carbocycles. The molecule has 3 rings (SSSR count). The molecule has 36 heavy (non-hydrogen) atoms. The molecule has 10 heteroatoms. The molecule has 190 valence electrons. The highest BCUT2D eigenvalue weighted by molar-refractivity contribution is 6.36. The Morgan fingerprint density at radius 3 is 2.36 bits per heavy atom. The Hall–Kier alpha value is -3.36. The summed E-state index contributed by atoms with van der Waals surface area (Å²) in [7, 11) is 0. The van der Waals surface area contributed by atoms with Crippen LogP contribution in [0.1, 0.15) is 37.0 Å². The minimum atomic E-state index is -0.957. The van der Waals surface area contributed by atoms with Gasteiger partial charge in [0.15, 0.2) is 11.6 Å². The minimum Gasteiger partial charge on any atom is -0.488 e. The molecule has 1 aromatic heterocycles. The monoisotopic (exact) mass is 530 g/mol. The average Bonchev–Trinajstić information content (AvgIpc) is 2.83. The van der Waals surface area contributed by atoms with Gasteiger partial charge >= 0.3 is 5.97 Å². The predicted octanol–water partition coefficient (Wildman–Crippen LogP) is 5.56. The van der Waals surface area contributed by atoms with Gasteiger partial charge in [-0.3, -0.25) is 9.59 Å². The molecule has 8 nitrogen and oxygen atoms in total. The lowest BCUT2D eigenvalue weighted by Crippen LogP contribution is -2.29. The molecule has 0 saturated heterocycles. The number of rotatable bonds is 12. The zero-order valence-electron chi connectivity index (χ0n) is 20.0. The smallest absolute Gasteiger partial charge is 0.305 e. The number of hydrogen-bond acceptors (Lipinski definition) is 6. The summed E-state index contributed by atoms with van der Waals surface area (Å²) in [5, 5.41) is 15.7. The first-order valence-corrected chi connectivity index (χ1v) is 12.2. The molecule has 3 N–H and O–H groups in total. The molecule has 3 aromatic rings. The molecule has 0 unspecified atom stereocenters. The van der Waals surface area contributed by atoms with Gasteiger partial charge in [-0.15, -0.1) is 0 Å². The van der Waals surface area contributed by atoms with Crippen molar-refractivity contribution < 1.29 is 19.4 Å². The molecule has 2 aromatic carbocycles. The molecule has 0 spiro atoms. The fraction of sp³-hybridized carbons (Fsp3) is 0.308. The molecule has 0 saturated carbocycles. The summed E-state index contributed by atoms with van der Waals surface area (Å²) in [5.74, 6) is 0.173. The molecule has 0 aliphatic heterocycles. The summed E-state index contributed by atoms with van der Waals surface area (Å²) >= 11 is 12.2. The normalized spacial score (nSPS) is 11.7. The number of nitrogens with one attached hydrogen (secondary N) is 2. The maximum absolute atomic E-state index is 12.1. The van der Waals surface area contributed by atoms with E-state index in [-0.39, 0.29) is 24.9 Å². The number of benzene rings is 2. The number of carboxylic acids is 1. The number of aromatic nitrogens is 2. The van der Waals surface area contributed by atoms with Crippen LogP contribution >= 0.6 is 23.2 Å². The van der Waals surface area contributed by atoms with Gasteiger partial charge in [-0.25, -0.2) is 9.97 Å². The third kappa shape index (κ3) is 8.39. The largest absolute Gasteiger partial charge is 0.488 e. The Balaban J connectivity index is 1.58. The maximum atomic E-state index is 12.1. The van der Waals surface area contributed by atoms with E-state index in [4.69, 9.17) is 33.0 Å². The van der Waals surface area contributed by atoms with E-state index < -0.39 is 5.97 Å². The fourth-order valence-electron chi connectivity index (χ4n) is 3.47. The second-order valence-electron chi connectivity index (χ2n) is 8.63. The van der Waals surface area contributed by atoms with E-state index in [9.17, 15) is 9.59 Å². The van der Waals surface area contributed by atoms with Gasteiger partial charge in [-0.1, -0.05) is 37.0 Å². The molecule has 1 heterocycles. The van der Waals surface area contributed by atoms with Gasteiger partial charge in [-0.2, -0.15) is 0 Å². The fourth-order valence-corrected chi connectivity index (χ4v) is 3.97. The number of ether oxygens (including phenoxy) is 1. The van der Waals surface area contributed by atoms with Crippen molar-refractivity contribution in [3.05, 3.63) is 70.5 Å². The summed E-state index contributed by atoms with van der Waals surface area (Å²) in [6.45, 7) is 4.74. The molecule has 1 amide bonds. The van der Waals surface area contributed by atoms with E-state index in [1.54, 1.807) is 42.7 Å². The van der Waals surface area contributed by atoms with Crippen LogP contribution in [0.2, 0.25) is 10.0 Å². The number of anilines is 1. The van der Waals surface area contributed by atoms with Crippen molar-refractivity contribution in [2.45, 2.75) is 32.7 Å². The van der Waals surface area contributed by atoms with Crippen LogP contribution in [0.15, 0.2) is 54.9 Å². The summed E-state index contributed by atoms with van der Waals surface area (Å²) in [6.07, 6.45) is 3.95. The average molecular weight is 531 g/mol. The molecule has 1 atom stereocenters. The zero-order chi connectivity index (χ0) is 26.1. The van der Waals surface area contributed by atoms with Gasteiger partial charge in [0.1, 0.15) is 6.61 Å². The van der Waals surface area contributed by atoms with Crippen LogP contribution < -0.4 is 15.4 Å². The Bertz CT molecular complexity index is 1170. The highest BCUT2D eigenvalue weighted by Gasteiger charge is 2.14. The lowest BCUT2D eigenvalue weighted by molar-refractivity contribution is -0.136. The van der Waals surface area contributed by atoms with Crippen LogP contribution in [0.4, 0.5) is 5.69 Å². The SMILES string of the molecule is CC(C)C[C@@H](COc1cnc(-c2ccc(Cl)cc2Cl)nc1)Nc1ccc(C(=O)NCCC(=O)O)cc1. The van der Waals surface area contributed by atoms with Crippen molar-refractivity contribution in [2.75, 3.05) is 18.5 Å². The quantitative estimate of drug-likeness (QED) is 0.280. The Morgan fingerprint density at radius 2 is 1.75 bits per heavy atom. The topological polar surface area (TPSA) is 113 Å². The first-order valence-electron chi connectivity index (χ1n) is 11.5. The van der Waals surface area contributed by atoms with Crippen LogP contribution in [0.25, 0.3) is 11.4 Å². The van der Waals surface area contributed by atoms with Crippen LogP contribution in [0.5, 0.6) is 5.75 Å². The predicted molar refractivity (Wildman–Crippen MR) is 141 cm³/mol. The number of halogens is 2. The van der Waals surface area contributed by atoms with Gasteiger partial charge in [-0.05, 0) is 54.8 Å². The first kappa shape index (κ1) is 27.2. The van der Waals surface area contributed by atoms with Crippen molar-refractivity contribution in [1.82, 2.24) is 15.3 Å². The molecule has 0 fully saturated rings. The van der Waals surface area contributed by atoms with E-state index in [0.29, 0.717) is 45.3 Å². The maximum Gasteiger partial charge on any atom is 0.305 e. The summed E-state index contributed by atoms with van der Waals surface area (Å²) < 4.78 is 5.95. The standard InChI is InChI=1S/C26H28Cl2N4O4/c1-16(2)11-20(32-19-6-3-17(4-7-19)26(35)29-10-9-24(33)34)15-36-21-13-30-25(31-14-21)22-8-5-18(27)12-23(22)28/h3-8,12-14,16,20,32H,9-11,15H2,1-2H3,(H,29,35)(H,33,34)/t20-/m0/s1. The van der Waals surface area contributed by atoms with Crippen molar-refractivity contribution in [3.63, 3.8) is 0 Å². The highest BCUT2D eigenvalue weighted by Crippen LogP contribution is 2.28. The Labute approximate surface area is 220 Å². The second-order valence-corrected chi connectivity index (χ2v) is 9.47. The van der Waals surface area contributed by atoms with E-state index in [1.165, 1.54) is 0 Å². The number of aliphatic carboxylic acids is 1. The van der Waals surface area contributed by atoms with Gasteiger partial charge in [0.2, 0.25) is 0 Å². The third-order valence-corrected chi connectivity index (χ3v) is 5.70. The van der Waals surface area contributed by atoms with E-state index in [0.717, 1.165) is 12.1 Å².